The maximum atomic E-state index is 12.7. The quantitative estimate of drug-likeness (QED) is 0.559. The summed E-state index contributed by atoms with van der Waals surface area (Å²) in [5, 5.41) is 0. The van der Waals surface area contributed by atoms with E-state index >= 15 is 0 Å². The number of alkyl halides is 1. The van der Waals surface area contributed by atoms with Crippen LogP contribution >= 0.6 is 15.9 Å². The van der Waals surface area contributed by atoms with Crippen molar-refractivity contribution in [2.45, 2.75) is 49.8 Å². The minimum Gasteiger partial charge on any atom is -0.462 e. The topological polar surface area (TPSA) is 38.8 Å². The van der Waals surface area contributed by atoms with Crippen molar-refractivity contribution in [3.8, 4) is 0 Å². The van der Waals surface area contributed by atoms with Gasteiger partial charge in [0.25, 0.3) is 0 Å². The summed E-state index contributed by atoms with van der Waals surface area (Å²) in [7, 11) is 2.19. The Morgan fingerprint density at radius 3 is 2.52 bits per heavy atom. The molecule has 0 saturated carbocycles. The second kappa shape index (κ2) is 7.77. The number of carbonyl (C=O) groups excluding carboxylic acids is 1. The minimum absolute atomic E-state index is 0.0476. The van der Waals surface area contributed by atoms with Crippen molar-refractivity contribution in [2.75, 3.05) is 19.2 Å². The third kappa shape index (κ3) is 3.95. The number of piperidine rings is 1. The zero-order valence-corrected chi connectivity index (χ0v) is 15.1. The summed E-state index contributed by atoms with van der Waals surface area (Å²) < 4.78 is 11.3. The fourth-order valence-corrected chi connectivity index (χ4v) is 4.04. The van der Waals surface area contributed by atoms with Gasteiger partial charge in [-0.3, -0.25) is 4.79 Å². The summed E-state index contributed by atoms with van der Waals surface area (Å²) in [6.45, 7) is 0.341. The number of fused-ring (bicyclic) bond motifs is 2. The molecule has 2 bridgehead atoms. The Kier molecular flexibility index (Phi) is 5.72. The molecule has 2 fully saturated rings. The van der Waals surface area contributed by atoms with E-state index < -0.39 is 0 Å². The van der Waals surface area contributed by atoms with Crippen molar-refractivity contribution in [1.82, 2.24) is 4.90 Å². The molecule has 126 valence electrons. The number of ether oxygens (including phenoxy) is 2. The Morgan fingerprint density at radius 1 is 1.26 bits per heavy atom. The normalized spacial score (nSPS) is 28.5. The average molecular weight is 382 g/mol. The van der Waals surface area contributed by atoms with E-state index in [9.17, 15) is 4.79 Å². The lowest BCUT2D eigenvalue weighted by molar-refractivity contribution is -0.155. The summed E-state index contributed by atoms with van der Waals surface area (Å²) in [5.74, 6) is -0.517. The lowest BCUT2D eigenvalue weighted by atomic mass is 9.98. The lowest BCUT2D eigenvalue weighted by Gasteiger charge is -2.36. The molecular formula is C18H24BrNO3. The SMILES string of the molecule is CN1[C@@H]2CC[C@H]1CC(OC(=O)C(COCBr)c1ccccc1)C2. The maximum absolute atomic E-state index is 12.7. The van der Waals surface area contributed by atoms with Gasteiger partial charge < -0.3 is 14.4 Å². The number of esters is 1. The molecule has 2 aliphatic heterocycles. The summed E-state index contributed by atoms with van der Waals surface area (Å²) in [5.41, 5.74) is 1.37. The smallest absolute Gasteiger partial charge is 0.316 e. The van der Waals surface area contributed by atoms with Crippen LogP contribution in [0.15, 0.2) is 30.3 Å². The van der Waals surface area contributed by atoms with Gasteiger partial charge in [-0.15, -0.1) is 0 Å². The van der Waals surface area contributed by atoms with E-state index in [-0.39, 0.29) is 18.0 Å². The van der Waals surface area contributed by atoms with Gasteiger partial charge in [-0.1, -0.05) is 46.3 Å². The molecule has 0 amide bonds. The molecule has 2 saturated heterocycles. The molecule has 1 aromatic carbocycles. The van der Waals surface area contributed by atoms with E-state index in [1.54, 1.807) is 0 Å². The van der Waals surface area contributed by atoms with Crippen LogP contribution in [0.4, 0.5) is 0 Å². The van der Waals surface area contributed by atoms with E-state index in [2.05, 4.69) is 27.9 Å². The molecule has 4 atom stereocenters. The van der Waals surface area contributed by atoms with Gasteiger partial charge in [0.2, 0.25) is 0 Å². The third-order valence-electron chi connectivity index (χ3n) is 5.19. The highest BCUT2D eigenvalue weighted by Crippen LogP contribution is 2.36. The van der Waals surface area contributed by atoms with Crippen LogP contribution in [0.5, 0.6) is 0 Å². The van der Waals surface area contributed by atoms with Gasteiger partial charge in [0, 0.05) is 12.1 Å². The van der Waals surface area contributed by atoms with E-state index in [0.29, 0.717) is 24.2 Å². The zero-order chi connectivity index (χ0) is 16.2. The molecule has 0 aromatic heterocycles. The number of rotatable bonds is 6. The highest BCUT2D eigenvalue weighted by Gasteiger charge is 2.40. The van der Waals surface area contributed by atoms with Gasteiger partial charge >= 0.3 is 5.97 Å². The van der Waals surface area contributed by atoms with E-state index in [4.69, 9.17) is 9.47 Å². The van der Waals surface area contributed by atoms with Crippen LogP contribution in [0.2, 0.25) is 0 Å². The fraction of sp³-hybridized carbons (Fsp3) is 0.611. The van der Waals surface area contributed by atoms with Gasteiger partial charge in [-0.05, 0) is 38.3 Å². The molecular weight excluding hydrogens is 358 g/mol. The molecule has 3 rings (SSSR count). The molecule has 0 spiro atoms. The number of halogens is 1. The first-order chi connectivity index (χ1) is 11.2. The first-order valence-electron chi connectivity index (χ1n) is 8.30. The van der Waals surface area contributed by atoms with Crippen molar-refractivity contribution >= 4 is 21.9 Å². The van der Waals surface area contributed by atoms with Crippen molar-refractivity contribution in [1.29, 1.82) is 0 Å². The van der Waals surface area contributed by atoms with Crippen molar-refractivity contribution < 1.29 is 14.3 Å². The Labute approximate surface area is 146 Å². The highest BCUT2D eigenvalue weighted by atomic mass is 79.9. The summed E-state index contributed by atoms with van der Waals surface area (Å²) in [4.78, 5) is 15.2. The number of nitrogens with zero attached hydrogens (tertiary/aromatic N) is 1. The lowest BCUT2D eigenvalue weighted by Crippen LogP contribution is -2.43. The van der Waals surface area contributed by atoms with Crippen LogP contribution in [0.3, 0.4) is 0 Å². The fourth-order valence-electron chi connectivity index (χ4n) is 3.85. The van der Waals surface area contributed by atoms with Crippen molar-refractivity contribution in [3.05, 3.63) is 35.9 Å². The molecule has 0 aliphatic carbocycles. The second-order valence-electron chi connectivity index (χ2n) is 6.52. The van der Waals surface area contributed by atoms with Crippen LogP contribution in [-0.4, -0.2) is 48.2 Å². The van der Waals surface area contributed by atoms with E-state index in [1.807, 2.05) is 30.3 Å². The van der Waals surface area contributed by atoms with Crippen LogP contribution in [-0.2, 0) is 14.3 Å². The van der Waals surface area contributed by atoms with Gasteiger partial charge in [0.05, 0.1) is 6.61 Å². The monoisotopic (exact) mass is 381 g/mol. The number of hydrogen-bond acceptors (Lipinski definition) is 4. The molecule has 0 N–H and O–H groups in total. The molecule has 2 aliphatic rings. The predicted octanol–water partition coefficient (Wildman–Crippen LogP) is 3.31. The first-order valence-corrected chi connectivity index (χ1v) is 9.42. The largest absolute Gasteiger partial charge is 0.462 e. The van der Waals surface area contributed by atoms with Gasteiger partial charge in [-0.25, -0.2) is 0 Å². The molecule has 4 nitrogen and oxygen atoms in total. The zero-order valence-electron chi connectivity index (χ0n) is 13.5. The Bertz CT molecular complexity index is 510. The van der Waals surface area contributed by atoms with E-state index in [1.165, 1.54) is 12.8 Å². The molecule has 5 heteroatoms. The molecule has 2 heterocycles. The standard InChI is InChI=1S/C18H24BrNO3/c1-20-14-7-8-15(20)10-16(9-14)23-18(21)17(11-22-12-19)13-5-3-2-4-6-13/h2-6,14-17H,7-12H2,1H3/t14-,15+,16?,17?. The number of hydrogen-bond donors (Lipinski definition) is 0. The third-order valence-corrected chi connectivity index (χ3v) is 5.51. The number of carbonyl (C=O) groups is 1. The summed E-state index contributed by atoms with van der Waals surface area (Å²) >= 11 is 3.25. The minimum atomic E-state index is -0.356. The van der Waals surface area contributed by atoms with Gasteiger partial charge in [0.15, 0.2) is 0 Å². The van der Waals surface area contributed by atoms with Crippen molar-refractivity contribution in [3.63, 3.8) is 0 Å². The first kappa shape index (κ1) is 16.9. The summed E-state index contributed by atoms with van der Waals surface area (Å²) in [6, 6.07) is 10.9. The van der Waals surface area contributed by atoms with Crippen LogP contribution < -0.4 is 0 Å². The van der Waals surface area contributed by atoms with Crippen LogP contribution in [0.1, 0.15) is 37.2 Å². The second-order valence-corrected chi connectivity index (χ2v) is 6.98. The van der Waals surface area contributed by atoms with E-state index in [0.717, 1.165) is 18.4 Å². The average Bonchev–Trinajstić information content (AvgIpc) is 2.77. The molecule has 1 aromatic rings. The van der Waals surface area contributed by atoms with Crippen LogP contribution in [0, 0.1) is 0 Å². The molecule has 2 unspecified atom stereocenters. The Morgan fingerprint density at radius 2 is 1.91 bits per heavy atom. The maximum Gasteiger partial charge on any atom is 0.316 e. The Hall–Kier alpha value is -0.910. The Balaban J connectivity index is 1.64. The van der Waals surface area contributed by atoms with Crippen LogP contribution in [0.25, 0.3) is 0 Å². The highest BCUT2D eigenvalue weighted by molar-refractivity contribution is 9.09. The predicted molar refractivity (Wildman–Crippen MR) is 92.6 cm³/mol. The van der Waals surface area contributed by atoms with Gasteiger partial charge in [-0.2, -0.15) is 0 Å². The molecule has 23 heavy (non-hydrogen) atoms. The molecule has 0 radical (unpaired) electrons. The number of benzene rings is 1. The van der Waals surface area contributed by atoms with Gasteiger partial charge in [0.1, 0.15) is 17.5 Å². The van der Waals surface area contributed by atoms with Crippen molar-refractivity contribution in [2.24, 2.45) is 0 Å². The summed E-state index contributed by atoms with van der Waals surface area (Å²) in [6.07, 6.45) is 4.42.